The van der Waals surface area contributed by atoms with Crippen molar-refractivity contribution >= 4 is 39.2 Å². The summed E-state index contributed by atoms with van der Waals surface area (Å²) in [5.74, 6) is 0.648. The van der Waals surface area contributed by atoms with Gasteiger partial charge in [-0.05, 0) is 36.9 Å². The first-order valence-corrected chi connectivity index (χ1v) is 11.2. The molecule has 0 aliphatic carbocycles. The van der Waals surface area contributed by atoms with Crippen molar-refractivity contribution in [3.8, 4) is 5.69 Å². The van der Waals surface area contributed by atoms with Crippen LogP contribution in [-0.2, 0) is 11.3 Å². The van der Waals surface area contributed by atoms with E-state index >= 15 is 0 Å². The van der Waals surface area contributed by atoms with Crippen molar-refractivity contribution in [2.24, 2.45) is 0 Å². The SMILES string of the molecule is Cc1ccc(-n2ccnc2SCC(=O)N(C)Cc2nc3ccsc3c(=O)[nH]2)c(C)c1. The Morgan fingerprint density at radius 3 is 2.93 bits per heavy atom. The number of carbonyl (C=O) groups excluding carboxylic acids is 1. The molecule has 0 saturated heterocycles. The number of benzene rings is 1. The lowest BCUT2D eigenvalue weighted by Crippen LogP contribution is -2.29. The number of amides is 1. The summed E-state index contributed by atoms with van der Waals surface area (Å²) in [6.07, 6.45) is 3.64. The van der Waals surface area contributed by atoms with Gasteiger partial charge in [-0.2, -0.15) is 0 Å². The molecular formula is C21H21N5O2S2. The highest BCUT2D eigenvalue weighted by Gasteiger charge is 2.15. The molecular weight excluding hydrogens is 418 g/mol. The monoisotopic (exact) mass is 439 g/mol. The summed E-state index contributed by atoms with van der Waals surface area (Å²) in [5.41, 5.74) is 3.89. The number of aromatic amines is 1. The Kier molecular flexibility index (Phi) is 5.74. The number of nitrogens with one attached hydrogen (secondary N) is 1. The highest BCUT2D eigenvalue weighted by Crippen LogP contribution is 2.23. The number of rotatable bonds is 6. The number of carbonyl (C=O) groups is 1. The van der Waals surface area contributed by atoms with Crippen LogP contribution in [0.5, 0.6) is 0 Å². The lowest BCUT2D eigenvalue weighted by molar-refractivity contribution is -0.127. The standard InChI is InChI=1S/C21H21N5O2S2/c1-13-4-5-16(14(2)10-13)26-8-7-22-21(26)30-12-18(27)25(3)11-17-23-15-6-9-29-19(15)20(28)24-17/h4-10H,11-12H2,1-3H3,(H,23,24,28). The van der Waals surface area contributed by atoms with Crippen molar-refractivity contribution in [1.29, 1.82) is 0 Å². The highest BCUT2D eigenvalue weighted by molar-refractivity contribution is 7.99. The van der Waals surface area contributed by atoms with Gasteiger partial charge in [-0.3, -0.25) is 14.2 Å². The van der Waals surface area contributed by atoms with E-state index in [1.165, 1.54) is 28.7 Å². The maximum atomic E-state index is 12.7. The molecule has 4 aromatic rings. The Morgan fingerprint density at radius 1 is 1.30 bits per heavy atom. The van der Waals surface area contributed by atoms with Crippen molar-refractivity contribution in [3.63, 3.8) is 0 Å². The minimum absolute atomic E-state index is 0.0664. The topological polar surface area (TPSA) is 83.9 Å². The van der Waals surface area contributed by atoms with Crippen molar-refractivity contribution in [1.82, 2.24) is 24.4 Å². The van der Waals surface area contributed by atoms with Gasteiger partial charge in [-0.15, -0.1) is 11.3 Å². The molecule has 0 radical (unpaired) electrons. The predicted molar refractivity (Wildman–Crippen MR) is 120 cm³/mol. The summed E-state index contributed by atoms with van der Waals surface area (Å²) in [4.78, 5) is 37.9. The Hall–Kier alpha value is -2.91. The minimum Gasteiger partial charge on any atom is -0.338 e. The first-order chi connectivity index (χ1) is 14.4. The predicted octanol–water partition coefficient (Wildman–Crippen LogP) is 3.54. The molecule has 0 saturated carbocycles. The van der Waals surface area contributed by atoms with Gasteiger partial charge < -0.3 is 9.88 Å². The molecule has 0 aliphatic heterocycles. The fraction of sp³-hybridized carbons (Fsp3) is 0.238. The number of thiophene rings is 1. The molecule has 3 heterocycles. The second-order valence-electron chi connectivity index (χ2n) is 7.06. The molecule has 7 nitrogen and oxygen atoms in total. The maximum Gasteiger partial charge on any atom is 0.268 e. The van der Waals surface area contributed by atoms with E-state index in [2.05, 4.69) is 47.0 Å². The van der Waals surface area contributed by atoms with Gasteiger partial charge in [0.25, 0.3) is 5.56 Å². The van der Waals surface area contributed by atoms with Gasteiger partial charge >= 0.3 is 0 Å². The summed E-state index contributed by atoms with van der Waals surface area (Å²) in [7, 11) is 1.71. The molecule has 0 atom stereocenters. The van der Waals surface area contributed by atoms with Crippen molar-refractivity contribution in [2.45, 2.75) is 25.5 Å². The van der Waals surface area contributed by atoms with Gasteiger partial charge in [0.1, 0.15) is 10.5 Å². The van der Waals surface area contributed by atoms with E-state index in [1.807, 2.05) is 22.2 Å². The number of nitrogens with zero attached hydrogens (tertiary/aromatic N) is 4. The Bertz CT molecular complexity index is 1270. The van der Waals surface area contributed by atoms with Gasteiger partial charge in [0.15, 0.2) is 5.16 Å². The van der Waals surface area contributed by atoms with E-state index in [-0.39, 0.29) is 23.8 Å². The van der Waals surface area contributed by atoms with Crippen LogP contribution in [0.1, 0.15) is 17.0 Å². The highest BCUT2D eigenvalue weighted by atomic mass is 32.2. The largest absolute Gasteiger partial charge is 0.338 e. The fourth-order valence-corrected chi connectivity index (χ4v) is 4.83. The number of aryl methyl sites for hydroxylation is 2. The van der Waals surface area contributed by atoms with E-state index < -0.39 is 0 Å². The smallest absolute Gasteiger partial charge is 0.268 e. The van der Waals surface area contributed by atoms with Crippen molar-refractivity contribution in [2.75, 3.05) is 12.8 Å². The Morgan fingerprint density at radius 2 is 2.13 bits per heavy atom. The first-order valence-electron chi connectivity index (χ1n) is 9.36. The molecule has 9 heteroatoms. The van der Waals surface area contributed by atoms with E-state index in [0.717, 1.165) is 16.4 Å². The van der Waals surface area contributed by atoms with Crippen LogP contribution < -0.4 is 5.56 Å². The number of thioether (sulfide) groups is 1. The summed E-state index contributed by atoms with van der Waals surface area (Å²) in [5, 5.41) is 2.59. The zero-order chi connectivity index (χ0) is 21.3. The number of imidazole rings is 1. The molecule has 0 spiro atoms. The summed E-state index contributed by atoms with van der Waals surface area (Å²) >= 11 is 2.74. The van der Waals surface area contributed by atoms with Gasteiger partial charge in [0.05, 0.1) is 23.5 Å². The quantitative estimate of drug-likeness (QED) is 0.465. The maximum absolute atomic E-state index is 12.7. The number of fused-ring (bicyclic) bond motifs is 1. The van der Waals surface area contributed by atoms with Crippen molar-refractivity contribution < 1.29 is 4.79 Å². The van der Waals surface area contributed by atoms with Crippen LogP contribution in [0.3, 0.4) is 0 Å². The molecule has 3 aromatic heterocycles. The second kappa shape index (κ2) is 8.45. The summed E-state index contributed by atoms with van der Waals surface area (Å²) in [6, 6.07) is 8.06. The third kappa shape index (κ3) is 4.17. The number of hydrogen-bond acceptors (Lipinski definition) is 6. The molecule has 1 N–H and O–H groups in total. The molecule has 0 aliphatic rings. The third-order valence-electron chi connectivity index (χ3n) is 4.72. The zero-order valence-electron chi connectivity index (χ0n) is 16.9. The van der Waals surface area contributed by atoms with Crippen LogP contribution in [0.25, 0.3) is 15.9 Å². The average Bonchev–Trinajstić information content (AvgIpc) is 3.35. The average molecular weight is 440 g/mol. The molecule has 0 fully saturated rings. The van der Waals surface area contributed by atoms with E-state index in [1.54, 1.807) is 18.1 Å². The zero-order valence-corrected chi connectivity index (χ0v) is 18.5. The lowest BCUT2D eigenvalue weighted by Gasteiger charge is -2.16. The minimum atomic E-state index is -0.171. The number of aromatic nitrogens is 4. The van der Waals surface area contributed by atoms with E-state index in [9.17, 15) is 9.59 Å². The van der Waals surface area contributed by atoms with E-state index in [0.29, 0.717) is 16.0 Å². The normalized spacial score (nSPS) is 11.2. The molecule has 4 rings (SSSR count). The van der Waals surface area contributed by atoms with Gasteiger partial charge in [0.2, 0.25) is 5.91 Å². The Labute approximate surface area is 181 Å². The molecule has 1 amide bonds. The molecule has 0 bridgehead atoms. The number of hydrogen-bond donors (Lipinski definition) is 1. The molecule has 1 aromatic carbocycles. The second-order valence-corrected chi connectivity index (χ2v) is 8.91. The van der Waals surface area contributed by atoms with Crippen molar-refractivity contribution in [3.05, 3.63) is 69.3 Å². The summed E-state index contributed by atoms with van der Waals surface area (Å²) < 4.78 is 2.59. The molecule has 154 valence electrons. The van der Waals surface area contributed by atoms with Crippen LogP contribution in [-0.4, -0.2) is 43.1 Å². The first kappa shape index (κ1) is 20.4. The van der Waals surface area contributed by atoms with Crippen LogP contribution in [0.15, 0.2) is 52.0 Å². The Balaban J connectivity index is 1.43. The van der Waals surface area contributed by atoms with Crippen LogP contribution in [0, 0.1) is 13.8 Å². The fourth-order valence-electron chi connectivity index (χ4n) is 3.20. The lowest BCUT2D eigenvalue weighted by atomic mass is 10.1. The number of H-pyrrole nitrogens is 1. The van der Waals surface area contributed by atoms with Crippen LogP contribution in [0.2, 0.25) is 0 Å². The van der Waals surface area contributed by atoms with Crippen LogP contribution in [0.4, 0.5) is 0 Å². The van der Waals surface area contributed by atoms with Crippen LogP contribution >= 0.6 is 23.1 Å². The molecule has 30 heavy (non-hydrogen) atoms. The summed E-state index contributed by atoms with van der Waals surface area (Å²) in [6.45, 7) is 4.37. The van der Waals surface area contributed by atoms with Gasteiger partial charge in [-0.25, -0.2) is 9.97 Å². The van der Waals surface area contributed by atoms with Gasteiger partial charge in [0, 0.05) is 19.4 Å². The van der Waals surface area contributed by atoms with E-state index in [4.69, 9.17) is 0 Å². The third-order valence-corrected chi connectivity index (χ3v) is 6.57. The van der Waals surface area contributed by atoms with Gasteiger partial charge in [-0.1, -0.05) is 29.5 Å². The molecule has 0 unspecified atom stereocenters.